The van der Waals surface area contributed by atoms with E-state index in [1.807, 2.05) is 25.3 Å². The summed E-state index contributed by atoms with van der Waals surface area (Å²) in [6, 6.07) is 15.3. The van der Waals surface area contributed by atoms with Crippen molar-refractivity contribution in [3.63, 3.8) is 0 Å². The van der Waals surface area contributed by atoms with Crippen molar-refractivity contribution >= 4 is 29.3 Å². The van der Waals surface area contributed by atoms with Crippen molar-refractivity contribution < 1.29 is 33.0 Å². The average molecular weight is 533 g/mol. The van der Waals surface area contributed by atoms with E-state index >= 15 is 0 Å². The predicted octanol–water partition coefficient (Wildman–Crippen LogP) is 5.72. The monoisotopic (exact) mass is 532 g/mol. The zero-order valence-electron chi connectivity index (χ0n) is 20.2. The van der Waals surface area contributed by atoms with Gasteiger partial charge in [0.25, 0.3) is 5.91 Å². The molecule has 3 rings (SSSR count). The first-order valence-corrected chi connectivity index (χ1v) is 12.8. The number of nitrogens with one attached hydrogen (secondary N) is 2. The molecule has 0 saturated heterocycles. The molecule has 3 aromatic rings. The third-order valence-electron chi connectivity index (χ3n) is 5.78. The smallest absolute Gasteiger partial charge is 0.416 e. The highest BCUT2D eigenvalue weighted by Crippen LogP contribution is 2.36. The van der Waals surface area contributed by atoms with Crippen molar-refractivity contribution in [3.05, 3.63) is 89.0 Å². The molecule has 10 heteroatoms. The van der Waals surface area contributed by atoms with E-state index in [0.29, 0.717) is 16.9 Å². The topological polar surface area (TPSA) is 98.7 Å². The van der Waals surface area contributed by atoms with Crippen LogP contribution in [-0.2, 0) is 11.0 Å². The normalized spacial score (nSPS) is 13.0. The van der Waals surface area contributed by atoms with Crippen LogP contribution in [0.5, 0.6) is 0 Å². The van der Waals surface area contributed by atoms with Crippen LogP contribution in [-0.4, -0.2) is 40.1 Å². The van der Waals surface area contributed by atoms with Crippen molar-refractivity contribution in [1.82, 2.24) is 5.32 Å². The third-order valence-corrected chi connectivity index (χ3v) is 6.42. The Morgan fingerprint density at radius 2 is 1.68 bits per heavy atom. The highest BCUT2D eigenvalue weighted by Gasteiger charge is 2.34. The number of carboxylic acid groups (broad SMARTS) is 1. The number of aliphatic carboxylic acids is 1. The van der Waals surface area contributed by atoms with E-state index in [-0.39, 0.29) is 23.2 Å². The van der Waals surface area contributed by atoms with Crippen LogP contribution in [0.25, 0.3) is 11.1 Å². The summed E-state index contributed by atoms with van der Waals surface area (Å²) in [5.41, 5.74) is 1.11. The van der Waals surface area contributed by atoms with Gasteiger partial charge < -0.3 is 20.8 Å². The molecule has 0 heterocycles. The first kappa shape index (κ1) is 28.1. The lowest BCUT2D eigenvalue weighted by Crippen LogP contribution is -2.41. The maximum atomic E-state index is 13.4. The van der Waals surface area contributed by atoms with E-state index in [9.17, 15) is 33.0 Å². The summed E-state index contributed by atoms with van der Waals surface area (Å²) in [4.78, 5) is 24.8. The molecule has 0 fully saturated rings. The number of aliphatic hydroxyl groups excluding tert-OH is 1. The maximum Gasteiger partial charge on any atom is 0.416 e. The van der Waals surface area contributed by atoms with Crippen molar-refractivity contribution in [2.75, 3.05) is 17.3 Å². The molecule has 0 saturated carbocycles. The number of rotatable bonds is 10. The van der Waals surface area contributed by atoms with Gasteiger partial charge in [0.1, 0.15) is 6.04 Å². The Labute approximate surface area is 216 Å². The first-order chi connectivity index (χ1) is 17.5. The molecule has 0 radical (unpaired) electrons. The Kier molecular flexibility index (Phi) is 9.23. The van der Waals surface area contributed by atoms with E-state index in [1.165, 1.54) is 42.1 Å². The Hall–Kier alpha value is -3.50. The molecule has 1 amide bonds. The van der Waals surface area contributed by atoms with Gasteiger partial charge in [0.15, 0.2) is 6.23 Å². The molecule has 196 valence electrons. The summed E-state index contributed by atoms with van der Waals surface area (Å²) >= 11 is 1.46. The van der Waals surface area contributed by atoms with Crippen LogP contribution in [0.2, 0.25) is 0 Å². The largest absolute Gasteiger partial charge is 0.480 e. The Morgan fingerprint density at radius 1 is 1.00 bits per heavy atom. The Bertz CT molecular complexity index is 1270. The molecular weight excluding hydrogens is 505 g/mol. The second-order valence-electron chi connectivity index (χ2n) is 8.35. The number of alkyl halides is 3. The van der Waals surface area contributed by atoms with Crippen LogP contribution in [0, 0.1) is 6.92 Å². The van der Waals surface area contributed by atoms with E-state index < -0.39 is 35.9 Å². The number of carboxylic acids is 1. The molecule has 0 aliphatic heterocycles. The van der Waals surface area contributed by atoms with Gasteiger partial charge in [-0.2, -0.15) is 24.9 Å². The zero-order valence-corrected chi connectivity index (χ0v) is 21.0. The minimum Gasteiger partial charge on any atom is -0.480 e. The van der Waals surface area contributed by atoms with Gasteiger partial charge in [-0.25, -0.2) is 4.79 Å². The third kappa shape index (κ3) is 7.05. The summed E-state index contributed by atoms with van der Waals surface area (Å²) < 4.78 is 40.3. The molecule has 0 bridgehead atoms. The fourth-order valence-corrected chi connectivity index (χ4v) is 4.36. The molecule has 37 heavy (non-hydrogen) atoms. The molecule has 4 N–H and O–H groups in total. The van der Waals surface area contributed by atoms with Gasteiger partial charge in [-0.3, -0.25) is 4.79 Å². The SMILES string of the molecule is CSCC[C@H](NC(=O)c1ccc(NC(O)c2ccccc2C(F)(F)F)cc1-c1ccccc1C)C(=O)O. The van der Waals surface area contributed by atoms with Crippen molar-refractivity contribution in [2.45, 2.75) is 31.8 Å². The molecule has 1 unspecified atom stereocenters. The van der Waals surface area contributed by atoms with Gasteiger partial charge in [-0.1, -0.05) is 42.5 Å². The number of anilines is 1. The minimum atomic E-state index is -4.65. The minimum absolute atomic E-state index is 0.195. The standard InChI is InChI=1S/C27H27F3N2O4S/c1-16-7-3-4-8-18(16)21-15-17(31-25(34)20-9-5-6-10-22(20)27(28,29)30)11-12-19(21)24(33)32-23(26(35)36)13-14-37-2/h3-12,15,23,25,31,34H,13-14H2,1-2H3,(H,32,33)(H,35,36)/t23-,25?/m0/s1. The lowest BCUT2D eigenvalue weighted by molar-refractivity contribution is -0.140. The summed E-state index contributed by atoms with van der Waals surface area (Å²) in [7, 11) is 0. The van der Waals surface area contributed by atoms with Gasteiger partial charge in [0.05, 0.1) is 5.56 Å². The summed E-state index contributed by atoms with van der Waals surface area (Å²) in [6.07, 6.45) is -4.24. The van der Waals surface area contributed by atoms with Gasteiger partial charge >= 0.3 is 12.1 Å². The fraction of sp³-hybridized carbons (Fsp3) is 0.259. The van der Waals surface area contributed by atoms with Crippen molar-refractivity contribution in [1.29, 1.82) is 0 Å². The van der Waals surface area contributed by atoms with E-state index in [0.717, 1.165) is 11.6 Å². The van der Waals surface area contributed by atoms with Crippen LogP contribution >= 0.6 is 11.8 Å². The second kappa shape index (κ2) is 12.2. The van der Waals surface area contributed by atoms with Crippen LogP contribution in [0.15, 0.2) is 66.7 Å². The number of amides is 1. The summed E-state index contributed by atoms with van der Waals surface area (Å²) in [6.45, 7) is 1.84. The molecule has 2 atom stereocenters. The van der Waals surface area contributed by atoms with Gasteiger partial charge in [-0.15, -0.1) is 0 Å². The quantitative estimate of drug-likeness (QED) is 0.249. The molecule has 0 aliphatic rings. The Morgan fingerprint density at radius 3 is 2.32 bits per heavy atom. The number of thioether (sulfide) groups is 1. The molecule has 6 nitrogen and oxygen atoms in total. The number of aryl methyl sites for hydroxylation is 1. The lowest BCUT2D eigenvalue weighted by atomic mass is 9.94. The van der Waals surface area contributed by atoms with Crippen LogP contribution < -0.4 is 10.6 Å². The molecular formula is C27H27F3N2O4S. The molecule has 3 aromatic carbocycles. The second-order valence-corrected chi connectivity index (χ2v) is 9.34. The summed E-state index contributed by atoms with van der Waals surface area (Å²) in [5, 5.41) is 25.4. The number of carbonyl (C=O) groups excluding carboxylic acids is 1. The highest BCUT2D eigenvalue weighted by atomic mass is 32.2. The van der Waals surface area contributed by atoms with Gasteiger partial charge in [0, 0.05) is 16.8 Å². The van der Waals surface area contributed by atoms with Gasteiger partial charge in [-0.05, 0) is 66.3 Å². The number of hydrogen-bond acceptors (Lipinski definition) is 5. The fourth-order valence-electron chi connectivity index (χ4n) is 3.89. The van der Waals surface area contributed by atoms with Crippen molar-refractivity contribution in [2.24, 2.45) is 0 Å². The maximum absolute atomic E-state index is 13.4. The van der Waals surface area contributed by atoms with Crippen molar-refractivity contribution in [3.8, 4) is 11.1 Å². The number of benzene rings is 3. The molecule has 0 aromatic heterocycles. The molecule has 0 aliphatic carbocycles. The first-order valence-electron chi connectivity index (χ1n) is 11.4. The zero-order chi connectivity index (χ0) is 27.2. The highest BCUT2D eigenvalue weighted by molar-refractivity contribution is 7.98. The van der Waals surface area contributed by atoms with E-state index in [4.69, 9.17) is 0 Å². The van der Waals surface area contributed by atoms with E-state index in [1.54, 1.807) is 18.2 Å². The van der Waals surface area contributed by atoms with Crippen LogP contribution in [0.1, 0.15) is 39.7 Å². The molecule has 0 spiro atoms. The lowest BCUT2D eigenvalue weighted by Gasteiger charge is -2.21. The van der Waals surface area contributed by atoms with Crippen LogP contribution in [0.3, 0.4) is 0 Å². The number of hydrogen-bond donors (Lipinski definition) is 4. The Balaban J connectivity index is 1.99. The van der Waals surface area contributed by atoms with Crippen LogP contribution in [0.4, 0.5) is 18.9 Å². The van der Waals surface area contributed by atoms with E-state index in [2.05, 4.69) is 10.6 Å². The summed E-state index contributed by atoms with van der Waals surface area (Å²) in [5.74, 6) is -1.20. The average Bonchev–Trinajstić information content (AvgIpc) is 2.86. The number of aliphatic hydroxyl groups is 1. The van der Waals surface area contributed by atoms with Gasteiger partial charge in [0.2, 0.25) is 0 Å². The number of carbonyl (C=O) groups is 2. The predicted molar refractivity (Wildman–Crippen MR) is 139 cm³/mol. The number of halogens is 3.